The molecule has 148 valence electrons. The number of nitrogens with zero attached hydrogens (tertiary/aromatic N) is 1. The van der Waals surface area contributed by atoms with E-state index in [4.69, 9.17) is 0 Å². The van der Waals surface area contributed by atoms with Gasteiger partial charge in [-0.25, -0.2) is 12.8 Å². The largest absolute Gasteiger partial charge is 0.322 e. The molecular weight excluding hydrogens is 383 g/mol. The third kappa shape index (κ3) is 4.28. The van der Waals surface area contributed by atoms with Gasteiger partial charge >= 0.3 is 0 Å². The molecule has 0 bridgehead atoms. The van der Waals surface area contributed by atoms with Crippen molar-refractivity contribution in [3.05, 3.63) is 59.4 Å². The number of piperidine rings is 1. The summed E-state index contributed by atoms with van der Waals surface area (Å²) in [5.74, 6) is -1.54. The summed E-state index contributed by atoms with van der Waals surface area (Å²) in [5, 5.41) is 2.62. The molecule has 2 aromatic carbocycles. The zero-order valence-electron chi connectivity index (χ0n) is 15.4. The summed E-state index contributed by atoms with van der Waals surface area (Å²) in [4.78, 5) is 23.3. The molecule has 3 rings (SSSR count). The quantitative estimate of drug-likeness (QED) is 0.774. The van der Waals surface area contributed by atoms with Gasteiger partial charge in [0.25, 0.3) is 5.91 Å². The lowest BCUT2D eigenvalue weighted by atomic mass is 10.1. The topological polar surface area (TPSA) is 83.5 Å². The Balaban J connectivity index is 1.83. The van der Waals surface area contributed by atoms with E-state index in [2.05, 4.69) is 5.32 Å². The van der Waals surface area contributed by atoms with Crippen LogP contribution < -0.4 is 5.32 Å². The predicted octanol–water partition coefficient (Wildman–Crippen LogP) is 3.46. The van der Waals surface area contributed by atoms with Gasteiger partial charge in [-0.2, -0.15) is 4.31 Å². The fourth-order valence-corrected chi connectivity index (χ4v) is 4.69. The summed E-state index contributed by atoms with van der Waals surface area (Å²) in [6, 6.07) is 9.60. The molecule has 1 fully saturated rings. The van der Waals surface area contributed by atoms with Gasteiger partial charge in [-0.05, 0) is 62.2 Å². The third-order valence-electron chi connectivity index (χ3n) is 4.68. The average Bonchev–Trinajstić information content (AvgIpc) is 2.69. The van der Waals surface area contributed by atoms with E-state index in [-0.39, 0.29) is 11.3 Å². The van der Waals surface area contributed by atoms with Crippen LogP contribution in [0.4, 0.5) is 10.1 Å². The van der Waals surface area contributed by atoms with Crippen molar-refractivity contribution in [2.24, 2.45) is 0 Å². The Kier molecular flexibility index (Phi) is 5.90. The Morgan fingerprint density at radius 1 is 0.964 bits per heavy atom. The molecule has 8 heteroatoms. The SMILES string of the molecule is CC(=O)c1ccc(NC(=O)c2ccc(F)c(S(=O)(=O)N3CCCCC3)c2)cc1. The van der Waals surface area contributed by atoms with E-state index in [0.29, 0.717) is 24.3 Å². The molecular formula is C20H21FN2O4S. The molecule has 1 aliphatic rings. The van der Waals surface area contributed by atoms with Crippen LogP contribution in [0.3, 0.4) is 0 Å². The second-order valence-corrected chi connectivity index (χ2v) is 8.60. The molecule has 1 amide bonds. The lowest BCUT2D eigenvalue weighted by Gasteiger charge is -2.26. The van der Waals surface area contributed by atoms with Gasteiger partial charge in [-0.15, -0.1) is 0 Å². The second kappa shape index (κ2) is 8.20. The maximum atomic E-state index is 14.3. The standard InChI is InChI=1S/C20H21FN2O4S/c1-14(24)15-5-8-17(9-6-15)22-20(25)16-7-10-18(21)19(13-16)28(26,27)23-11-3-2-4-12-23/h5-10,13H,2-4,11-12H2,1H3,(H,22,25). The van der Waals surface area contributed by atoms with Gasteiger partial charge in [0.15, 0.2) is 5.78 Å². The van der Waals surface area contributed by atoms with Gasteiger partial charge in [0.2, 0.25) is 10.0 Å². The van der Waals surface area contributed by atoms with Gasteiger partial charge in [0.1, 0.15) is 10.7 Å². The van der Waals surface area contributed by atoms with Crippen LogP contribution in [0.25, 0.3) is 0 Å². The van der Waals surface area contributed by atoms with Gasteiger partial charge in [-0.1, -0.05) is 6.42 Å². The van der Waals surface area contributed by atoms with Crippen molar-refractivity contribution in [2.45, 2.75) is 31.1 Å². The maximum absolute atomic E-state index is 14.3. The number of Topliss-reactive ketones (excluding diaryl/α,β-unsaturated/α-hetero) is 1. The number of sulfonamides is 1. The highest BCUT2D eigenvalue weighted by atomic mass is 32.2. The molecule has 0 spiro atoms. The van der Waals surface area contributed by atoms with Gasteiger partial charge in [0.05, 0.1) is 0 Å². The van der Waals surface area contributed by atoms with E-state index in [0.717, 1.165) is 31.4 Å². The second-order valence-electron chi connectivity index (χ2n) is 6.70. The third-order valence-corrected chi connectivity index (χ3v) is 6.59. The fourth-order valence-electron chi connectivity index (χ4n) is 3.08. The molecule has 2 aromatic rings. The first-order chi connectivity index (χ1) is 13.3. The molecule has 0 aliphatic carbocycles. The highest BCUT2D eigenvalue weighted by Crippen LogP contribution is 2.24. The molecule has 0 atom stereocenters. The van der Waals surface area contributed by atoms with Crippen LogP contribution in [0.15, 0.2) is 47.4 Å². The van der Waals surface area contributed by atoms with E-state index in [1.807, 2.05) is 0 Å². The first-order valence-corrected chi connectivity index (χ1v) is 10.4. The number of ketones is 1. The number of carbonyl (C=O) groups excluding carboxylic acids is 2. The summed E-state index contributed by atoms with van der Waals surface area (Å²) in [5.41, 5.74) is 0.988. The normalized spacial score (nSPS) is 15.2. The van der Waals surface area contributed by atoms with Gasteiger partial charge < -0.3 is 5.32 Å². The van der Waals surface area contributed by atoms with Crippen LogP contribution in [-0.4, -0.2) is 37.5 Å². The highest BCUT2D eigenvalue weighted by molar-refractivity contribution is 7.89. The van der Waals surface area contributed by atoms with Crippen molar-refractivity contribution in [3.8, 4) is 0 Å². The van der Waals surface area contributed by atoms with E-state index < -0.39 is 26.6 Å². The van der Waals surface area contributed by atoms with E-state index in [1.54, 1.807) is 24.3 Å². The Morgan fingerprint density at radius 2 is 1.57 bits per heavy atom. The smallest absolute Gasteiger partial charge is 0.255 e. The van der Waals surface area contributed by atoms with E-state index in [9.17, 15) is 22.4 Å². The minimum Gasteiger partial charge on any atom is -0.322 e. The van der Waals surface area contributed by atoms with Crippen molar-refractivity contribution < 1.29 is 22.4 Å². The van der Waals surface area contributed by atoms with Crippen LogP contribution in [-0.2, 0) is 10.0 Å². The van der Waals surface area contributed by atoms with Crippen molar-refractivity contribution >= 4 is 27.4 Å². The Morgan fingerprint density at radius 3 is 2.18 bits per heavy atom. The number of nitrogens with one attached hydrogen (secondary N) is 1. The minimum absolute atomic E-state index is 0.0348. The zero-order chi connectivity index (χ0) is 20.3. The number of hydrogen-bond acceptors (Lipinski definition) is 4. The molecule has 28 heavy (non-hydrogen) atoms. The maximum Gasteiger partial charge on any atom is 0.255 e. The Hall–Kier alpha value is -2.58. The average molecular weight is 404 g/mol. The van der Waals surface area contributed by atoms with E-state index in [1.165, 1.54) is 17.3 Å². The number of amides is 1. The minimum atomic E-state index is -4.00. The van der Waals surface area contributed by atoms with Gasteiger partial charge in [0, 0.05) is 29.9 Å². The van der Waals surface area contributed by atoms with Crippen LogP contribution >= 0.6 is 0 Å². The highest BCUT2D eigenvalue weighted by Gasteiger charge is 2.29. The molecule has 0 unspecified atom stereocenters. The monoisotopic (exact) mass is 404 g/mol. The van der Waals surface area contributed by atoms with Crippen LogP contribution in [0, 0.1) is 5.82 Å². The predicted molar refractivity (Wildman–Crippen MR) is 103 cm³/mol. The Labute approximate surface area is 163 Å². The molecule has 0 aromatic heterocycles. The molecule has 0 radical (unpaired) electrons. The lowest BCUT2D eigenvalue weighted by molar-refractivity contribution is 0.101. The molecule has 1 aliphatic heterocycles. The number of rotatable bonds is 5. The fraction of sp³-hybridized carbons (Fsp3) is 0.300. The number of carbonyl (C=O) groups is 2. The number of anilines is 1. The molecule has 1 heterocycles. The Bertz CT molecular complexity index is 997. The van der Waals surface area contributed by atoms with Gasteiger partial charge in [-0.3, -0.25) is 9.59 Å². The summed E-state index contributed by atoms with van der Waals surface area (Å²) in [7, 11) is -4.00. The van der Waals surface area contributed by atoms with Crippen LogP contribution in [0.5, 0.6) is 0 Å². The lowest BCUT2D eigenvalue weighted by Crippen LogP contribution is -2.36. The summed E-state index contributed by atoms with van der Waals surface area (Å²) in [6.45, 7) is 2.14. The van der Waals surface area contributed by atoms with E-state index >= 15 is 0 Å². The first kappa shape index (κ1) is 20.2. The first-order valence-electron chi connectivity index (χ1n) is 9.01. The van der Waals surface area contributed by atoms with Crippen molar-refractivity contribution in [2.75, 3.05) is 18.4 Å². The van der Waals surface area contributed by atoms with Crippen molar-refractivity contribution in [1.29, 1.82) is 0 Å². The van der Waals surface area contributed by atoms with Crippen LogP contribution in [0.2, 0.25) is 0 Å². The summed E-state index contributed by atoms with van der Waals surface area (Å²) >= 11 is 0. The summed E-state index contributed by atoms with van der Waals surface area (Å²) in [6.07, 6.45) is 2.41. The van der Waals surface area contributed by atoms with Crippen molar-refractivity contribution in [3.63, 3.8) is 0 Å². The summed E-state index contributed by atoms with van der Waals surface area (Å²) < 4.78 is 41.1. The van der Waals surface area contributed by atoms with Crippen molar-refractivity contribution in [1.82, 2.24) is 4.31 Å². The molecule has 1 saturated heterocycles. The number of halogens is 1. The molecule has 0 saturated carbocycles. The number of hydrogen-bond donors (Lipinski definition) is 1. The number of benzene rings is 2. The zero-order valence-corrected chi connectivity index (χ0v) is 16.3. The molecule has 1 N–H and O–H groups in total. The van der Waals surface area contributed by atoms with Crippen LogP contribution in [0.1, 0.15) is 46.9 Å². The molecule has 6 nitrogen and oxygen atoms in total.